The van der Waals surface area contributed by atoms with Crippen LogP contribution in [0.3, 0.4) is 0 Å². The fourth-order valence-electron chi connectivity index (χ4n) is 2.43. The second kappa shape index (κ2) is 10.9. The van der Waals surface area contributed by atoms with Crippen molar-refractivity contribution < 1.29 is 13.6 Å². The third kappa shape index (κ3) is 6.35. The second-order valence-corrected chi connectivity index (χ2v) is 7.48. The van der Waals surface area contributed by atoms with E-state index in [2.05, 4.69) is 17.4 Å². The molecule has 0 aliphatic carbocycles. The lowest BCUT2D eigenvalue weighted by Gasteiger charge is -2.26. The molecule has 130 valence electrons. The highest BCUT2D eigenvalue weighted by molar-refractivity contribution is 6.46. The summed E-state index contributed by atoms with van der Waals surface area (Å²) in [6.45, 7) is 6.11. The van der Waals surface area contributed by atoms with E-state index < -0.39 is 9.28 Å². The predicted octanol–water partition coefficient (Wildman–Crippen LogP) is 3.77. The van der Waals surface area contributed by atoms with E-state index >= 15 is 0 Å². The van der Waals surface area contributed by atoms with Gasteiger partial charge in [0.15, 0.2) is 0 Å². The van der Waals surface area contributed by atoms with Gasteiger partial charge in [0.25, 0.3) is 0 Å². The molecule has 0 aromatic heterocycles. The third-order valence-corrected chi connectivity index (χ3v) is 5.93. The highest BCUT2D eigenvalue weighted by atomic mass is 28.3. The van der Waals surface area contributed by atoms with Gasteiger partial charge >= 0.3 is 9.28 Å². The van der Waals surface area contributed by atoms with E-state index in [0.29, 0.717) is 13.2 Å². The summed E-state index contributed by atoms with van der Waals surface area (Å²) in [6.07, 6.45) is 0.834. The molecule has 1 N–H and O–H groups in total. The van der Waals surface area contributed by atoms with E-state index in [4.69, 9.17) is 13.6 Å². The van der Waals surface area contributed by atoms with Crippen molar-refractivity contribution >= 4 is 15.0 Å². The van der Waals surface area contributed by atoms with Crippen molar-refractivity contribution in [2.75, 3.05) is 25.1 Å². The van der Waals surface area contributed by atoms with Crippen molar-refractivity contribution in [2.45, 2.75) is 26.0 Å². The van der Waals surface area contributed by atoms with E-state index in [9.17, 15) is 0 Å². The normalized spacial score (nSPS) is 12.1. The van der Waals surface area contributed by atoms with Crippen LogP contribution in [0, 0.1) is 0 Å². The lowest BCUT2D eigenvalue weighted by molar-refractivity contribution is 0.147. The summed E-state index contributed by atoms with van der Waals surface area (Å²) >= 11 is 0. The van der Waals surface area contributed by atoms with Crippen molar-refractivity contribution in [1.82, 2.24) is 0 Å². The minimum Gasteiger partial charge on any atom is -0.489 e. The summed E-state index contributed by atoms with van der Waals surface area (Å²) in [5.41, 5.74) is 1.07. The average Bonchev–Trinajstić information content (AvgIpc) is 2.62. The number of rotatable bonds is 11. The SMILES string of the molecule is CCO[SiH](OCC)C(CCNc1ccccc1)Oc1ccccc1. The quantitative estimate of drug-likeness (QED) is 0.629. The molecule has 0 saturated heterocycles. The molecule has 2 rings (SSSR count). The van der Waals surface area contributed by atoms with Crippen molar-refractivity contribution in [1.29, 1.82) is 0 Å². The lowest BCUT2D eigenvalue weighted by Crippen LogP contribution is -2.42. The summed E-state index contributed by atoms with van der Waals surface area (Å²) in [7, 11) is -1.91. The highest BCUT2D eigenvalue weighted by Gasteiger charge is 2.27. The Bertz CT molecular complexity index is 547. The first-order chi connectivity index (χ1) is 11.8. The van der Waals surface area contributed by atoms with Gasteiger partial charge in [-0.15, -0.1) is 0 Å². The van der Waals surface area contributed by atoms with Crippen LogP contribution in [0.4, 0.5) is 5.69 Å². The molecule has 0 aliphatic rings. The van der Waals surface area contributed by atoms with Crippen molar-refractivity contribution in [3.63, 3.8) is 0 Å². The van der Waals surface area contributed by atoms with Crippen LogP contribution < -0.4 is 10.1 Å². The molecule has 1 atom stereocenters. The first-order valence-corrected chi connectivity index (χ1v) is 10.2. The number of anilines is 1. The Balaban J connectivity index is 1.97. The topological polar surface area (TPSA) is 39.7 Å². The van der Waals surface area contributed by atoms with Crippen molar-refractivity contribution in [2.24, 2.45) is 0 Å². The van der Waals surface area contributed by atoms with Gasteiger partial charge < -0.3 is 18.9 Å². The summed E-state index contributed by atoms with van der Waals surface area (Å²) in [4.78, 5) is 0. The number of benzene rings is 2. The van der Waals surface area contributed by atoms with Gasteiger partial charge in [0.1, 0.15) is 11.5 Å². The molecule has 2 aromatic carbocycles. The Labute approximate surface area is 146 Å². The Kier molecular flexibility index (Phi) is 8.38. The van der Waals surface area contributed by atoms with Crippen molar-refractivity contribution in [3.05, 3.63) is 60.7 Å². The number of ether oxygens (including phenoxy) is 1. The number of para-hydroxylation sites is 2. The van der Waals surface area contributed by atoms with E-state index in [0.717, 1.165) is 24.4 Å². The summed E-state index contributed by atoms with van der Waals surface area (Å²) in [5.74, 6) is 0.860. The first-order valence-electron chi connectivity index (χ1n) is 8.57. The monoisotopic (exact) mass is 345 g/mol. The van der Waals surface area contributed by atoms with E-state index in [-0.39, 0.29) is 5.73 Å². The molecule has 0 radical (unpaired) electrons. The van der Waals surface area contributed by atoms with E-state index in [1.54, 1.807) is 0 Å². The van der Waals surface area contributed by atoms with Gasteiger partial charge in [0.05, 0.1) is 0 Å². The van der Waals surface area contributed by atoms with Crippen LogP contribution in [-0.2, 0) is 8.85 Å². The van der Waals surface area contributed by atoms with Crippen LogP contribution >= 0.6 is 0 Å². The fraction of sp³-hybridized carbons (Fsp3) is 0.368. The molecular weight excluding hydrogens is 318 g/mol. The molecule has 0 bridgehead atoms. The van der Waals surface area contributed by atoms with Gasteiger partial charge in [-0.3, -0.25) is 0 Å². The third-order valence-electron chi connectivity index (χ3n) is 3.53. The van der Waals surface area contributed by atoms with Crippen LogP contribution in [0.5, 0.6) is 5.75 Å². The Hall–Kier alpha value is -1.82. The van der Waals surface area contributed by atoms with Gasteiger partial charge in [-0.25, -0.2) is 0 Å². The first kappa shape index (κ1) is 18.5. The van der Waals surface area contributed by atoms with Crippen LogP contribution in [0.25, 0.3) is 0 Å². The lowest BCUT2D eigenvalue weighted by atomic mass is 10.3. The molecule has 1 unspecified atom stereocenters. The maximum Gasteiger partial charge on any atom is 0.363 e. The summed E-state index contributed by atoms with van der Waals surface area (Å²) in [6, 6.07) is 20.1. The van der Waals surface area contributed by atoms with Gasteiger partial charge in [-0.05, 0) is 38.1 Å². The smallest absolute Gasteiger partial charge is 0.363 e. The standard InChI is InChI=1S/C19H27NO3Si/c1-3-21-24(22-4-2)19(23-18-13-9-6-10-14-18)15-16-20-17-11-7-5-8-12-17/h5-14,19-20,24H,3-4,15-16H2,1-2H3. The average molecular weight is 346 g/mol. The second-order valence-electron chi connectivity index (χ2n) is 5.33. The Morgan fingerprint density at radius 2 is 1.46 bits per heavy atom. The fourth-order valence-corrected chi connectivity index (χ4v) is 4.32. The molecule has 24 heavy (non-hydrogen) atoms. The maximum atomic E-state index is 6.19. The molecule has 5 heteroatoms. The summed E-state index contributed by atoms with van der Waals surface area (Å²) < 4.78 is 18.0. The van der Waals surface area contributed by atoms with Crippen LogP contribution in [0.2, 0.25) is 0 Å². The number of hydrogen-bond donors (Lipinski definition) is 1. The van der Waals surface area contributed by atoms with Crippen molar-refractivity contribution in [3.8, 4) is 5.75 Å². The van der Waals surface area contributed by atoms with Gasteiger partial charge in [-0.1, -0.05) is 36.4 Å². The molecule has 0 heterocycles. The van der Waals surface area contributed by atoms with Gasteiger partial charge in [0, 0.05) is 31.9 Å². The number of hydrogen-bond acceptors (Lipinski definition) is 4. The molecule has 2 aromatic rings. The molecule has 0 saturated carbocycles. The van der Waals surface area contributed by atoms with Crippen LogP contribution in [-0.4, -0.2) is 34.8 Å². The highest BCUT2D eigenvalue weighted by Crippen LogP contribution is 2.16. The zero-order chi connectivity index (χ0) is 17.0. The zero-order valence-electron chi connectivity index (χ0n) is 14.5. The predicted molar refractivity (Wildman–Crippen MR) is 101 cm³/mol. The van der Waals surface area contributed by atoms with E-state index in [1.165, 1.54) is 0 Å². The molecular formula is C19H27NO3Si. The summed E-state index contributed by atoms with van der Waals surface area (Å²) in [5, 5.41) is 3.43. The molecule has 0 fully saturated rings. The zero-order valence-corrected chi connectivity index (χ0v) is 15.6. The minimum absolute atomic E-state index is 0.0384. The minimum atomic E-state index is -1.91. The molecule has 0 spiro atoms. The Morgan fingerprint density at radius 3 is 2.04 bits per heavy atom. The van der Waals surface area contributed by atoms with Gasteiger partial charge in [-0.2, -0.15) is 0 Å². The molecule has 0 aliphatic heterocycles. The largest absolute Gasteiger partial charge is 0.489 e. The van der Waals surface area contributed by atoms with E-state index in [1.807, 2.05) is 62.4 Å². The molecule has 4 nitrogen and oxygen atoms in total. The molecule has 0 amide bonds. The Morgan fingerprint density at radius 1 is 0.875 bits per heavy atom. The van der Waals surface area contributed by atoms with Crippen LogP contribution in [0.1, 0.15) is 20.3 Å². The maximum absolute atomic E-state index is 6.19. The van der Waals surface area contributed by atoms with Gasteiger partial charge in [0.2, 0.25) is 0 Å². The van der Waals surface area contributed by atoms with Crippen LogP contribution in [0.15, 0.2) is 60.7 Å². The number of nitrogens with one attached hydrogen (secondary N) is 1.